The monoisotopic (exact) mass is 176 g/mol. The Bertz CT molecular complexity index is 316. The van der Waals surface area contributed by atoms with Gasteiger partial charge in [-0.2, -0.15) is 0 Å². The summed E-state index contributed by atoms with van der Waals surface area (Å²) in [6.07, 6.45) is 2.77. The Labute approximate surface area is 79.2 Å². The normalized spacial score (nSPS) is 10.0. The van der Waals surface area contributed by atoms with Crippen LogP contribution in [0, 0.1) is 0 Å². The molecular formula is C11H16N2. The molecule has 1 rings (SSSR count). The fraction of sp³-hybridized carbons (Fsp3) is 0.273. The minimum Gasteiger partial charge on any atom is -0.398 e. The minimum absolute atomic E-state index is 0.487. The third kappa shape index (κ3) is 1.90. The van der Waals surface area contributed by atoms with Crippen LogP contribution in [0.5, 0.6) is 0 Å². The molecule has 0 heterocycles. The van der Waals surface area contributed by atoms with E-state index in [9.17, 15) is 0 Å². The third-order valence-electron chi connectivity index (χ3n) is 2.21. The number of benzene rings is 1. The predicted octanol–water partition coefficient (Wildman–Crippen LogP) is 1.93. The van der Waals surface area contributed by atoms with Crippen molar-refractivity contribution in [3.05, 3.63) is 35.4 Å². The Morgan fingerprint density at radius 2 is 2.15 bits per heavy atom. The summed E-state index contributed by atoms with van der Waals surface area (Å²) in [5, 5.41) is 0. The van der Waals surface area contributed by atoms with E-state index in [4.69, 9.17) is 11.5 Å². The first-order valence-corrected chi connectivity index (χ1v) is 4.46. The lowest BCUT2D eigenvalue weighted by Gasteiger charge is -2.09. The zero-order chi connectivity index (χ0) is 9.84. The number of aryl methyl sites for hydroxylation is 1. The first-order chi connectivity index (χ1) is 6.22. The van der Waals surface area contributed by atoms with Crippen molar-refractivity contribution in [2.75, 3.05) is 5.73 Å². The molecule has 0 aliphatic rings. The standard InChI is InChI=1S/C11H16N2/c1-3-8-5-9(4-2)11(13)10(6-8)7-12/h4-6H,2-3,7,12-13H2,1H3. The van der Waals surface area contributed by atoms with Gasteiger partial charge in [-0.1, -0.05) is 25.6 Å². The van der Waals surface area contributed by atoms with E-state index in [1.54, 1.807) is 6.08 Å². The first-order valence-electron chi connectivity index (χ1n) is 4.46. The molecule has 0 aliphatic carbocycles. The summed E-state index contributed by atoms with van der Waals surface area (Å²) in [7, 11) is 0. The summed E-state index contributed by atoms with van der Waals surface area (Å²) in [5.74, 6) is 0. The Balaban J connectivity index is 3.28. The lowest BCUT2D eigenvalue weighted by Crippen LogP contribution is -2.04. The van der Waals surface area contributed by atoms with Crippen molar-refractivity contribution in [1.82, 2.24) is 0 Å². The minimum atomic E-state index is 0.487. The van der Waals surface area contributed by atoms with Gasteiger partial charge in [-0.05, 0) is 29.2 Å². The first kappa shape index (κ1) is 9.81. The average molecular weight is 176 g/mol. The zero-order valence-electron chi connectivity index (χ0n) is 8.01. The molecule has 0 atom stereocenters. The van der Waals surface area contributed by atoms with E-state index in [-0.39, 0.29) is 0 Å². The van der Waals surface area contributed by atoms with Crippen molar-refractivity contribution in [1.29, 1.82) is 0 Å². The molecule has 2 heteroatoms. The van der Waals surface area contributed by atoms with Crippen LogP contribution in [0.15, 0.2) is 18.7 Å². The van der Waals surface area contributed by atoms with E-state index < -0.39 is 0 Å². The fourth-order valence-electron chi connectivity index (χ4n) is 1.35. The molecule has 2 nitrogen and oxygen atoms in total. The highest BCUT2D eigenvalue weighted by Crippen LogP contribution is 2.21. The Morgan fingerprint density at radius 1 is 1.46 bits per heavy atom. The van der Waals surface area contributed by atoms with Crippen molar-refractivity contribution in [3.63, 3.8) is 0 Å². The van der Waals surface area contributed by atoms with Gasteiger partial charge in [0, 0.05) is 12.2 Å². The van der Waals surface area contributed by atoms with Gasteiger partial charge in [0.05, 0.1) is 0 Å². The summed E-state index contributed by atoms with van der Waals surface area (Å²) >= 11 is 0. The quantitative estimate of drug-likeness (QED) is 0.691. The third-order valence-corrected chi connectivity index (χ3v) is 2.21. The maximum Gasteiger partial charge on any atom is 0.0433 e. The second-order valence-corrected chi connectivity index (χ2v) is 3.02. The molecule has 13 heavy (non-hydrogen) atoms. The summed E-state index contributed by atoms with van der Waals surface area (Å²) in [6.45, 7) is 6.32. The van der Waals surface area contributed by atoms with E-state index in [0.29, 0.717) is 6.54 Å². The van der Waals surface area contributed by atoms with Gasteiger partial charge in [-0.3, -0.25) is 0 Å². The number of hydrogen-bond acceptors (Lipinski definition) is 2. The lowest BCUT2D eigenvalue weighted by molar-refractivity contribution is 1.05. The molecule has 0 aromatic heterocycles. The number of anilines is 1. The average Bonchev–Trinajstić information content (AvgIpc) is 2.18. The molecule has 1 aromatic rings. The SMILES string of the molecule is C=Cc1cc(CC)cc(CN)c1N. The molecule has 0 radical (unpaired) electrons. The van der Waals surface area contributed by atoms with E-state index in [2.05, 4.69) is 25.6 Å². The summed E-state index contributed by atoms with van der Waals surface area (Å²) < 4.78 is 0. The van der Waals surface area contributed by atoms with Gasteiger partial charge in [0.1, 0.15) is 0 Å². The van der Waals surface area contributed by atoms with Crippen LogP contribution < -0.4 is 11.5 Å². The lowest BCUT2D eigenvalue weighted by atomic mass is 10.0. The van der Waals surface area contributed by atoms with E-state index in [1.807, 2.05) is 0 Å². The number of nitrogen functional groups attached to an aromatic ring is 1. The van der Waals surface area contributed by atoms with Crippen LogP contribution in [0.25, 0.3) is 6.08 Å². The Kier molecular flexibility index (Phi) is 3.09. The van der Waals surface area contributed by atoms with Crippen molar-refractivity contribution in [2.24, 2.45) is 5.73 Å². The molecule has 0 aliphatic heterocycles. The topological polar surface area (TPSA) is 52.0 Å². The van der Waals surface area contributed by atoms with Crippen molar-refractivity contribution >= 4 is 11.8 Å². The smallest absolute Gasteiger partial charge is 0.0433 e. The largest absolute Gasteiger partial charge is 0.398 e. The van der Waals surface area contributed by atoms with Crippen LogP contribution in [0.2, 0.25) is 0 Å². The zero-order valence-corrected chi connectivity index (χ0v) is 8.01. The predicted molar refractivity (Wildman–Crippen MR) is 58.2 cm³/mol. The molecule has 0 saturated carbocycles. The number of nitrogens with two attached hydrogens (primary N) is 2. The van der Waals surface area contributed by atoms with Gasteiger partial charge in [0.2, 0.25) is 0 Å². The van der Waals surface area contributed by atoms with Crippen LogP contribution in [0.4, 0.5) is 5.69 Å². The van der Waals surface area contributed by atoms with Gasteiger partial charge < -0.3 is 11.5 Å². The van der Waals surface area contributed by atoms with E-state index in [0.717, 1.165) is 23.2 Å². The van der Waals surface area contributed by atoms with E-state index in [1.165, 1.54) is 5.56 Å². The van der Waals surface area contributed by atoms with Crippen LogP contribution in [-0.4, -0.2) is 0 Å². The van der Waals surface area contributed by atoms with Crippen molar-refractivity contribution < 1.29 is 0 Å². The highest BCUT2D eigenvalue weighted by atomic mass is 14.6. The molecule has 0 saturated heterocycles. The second-order valence-electron chi connectivity index (χ2n) is 3.02. The van der Waals surface area contributed by atoms with Crippen LogP contribution in [-0.2, 0) is 13.0 Å². The molecule has 0 spiro atoms. The van der Waals surface area contributed by atoms with Gasteiger partial charge in [-0.15, -0.1) is 0 Å². The van der Waals surface area contributed by atoms with Gasteiger partial charge in [0.25, 0.3) is 0 Å². The number of hydrogen-bond donors (Lipinski definition) is 2. The van der Waals surface area contributed by atoms with Gasteiger partial charge in [-0.25, -0.2) is 0 Å². The van der Waals surface area contributed by atoms with Gasteiger partial charge >= 0.3 is 0 Å². The van der Waals surface area contributed by atoms with Crippen LogP contribution in [0.3, 0.4) is 0 Å². The summed E-state index contributed by atoms with van der Waals surface area (Å²) in [5.41, 5.74) is 15.5. The molecule has 0 unspecified atom stereocenters. The molecule has 1 aromatic carbocycles. The maximum absolute atomic E-state index is 5.88. The Morgan fingerprint density at radius 3 is 2.62 bits per heavy atom. The summed E-state index contributed by atoms with van der Waals surface area (Å²) in [4.78, 5) is 0. The van der Waals surface area contributed by atoms with Crippen molar-refractivity contribution in [3.8, 4) is 0 Å². The Hall–Kier alpha value is -1.28. The molecular weight excluding hydrogens is 160 g/mol. The van der Waals surface area contributed by atoms with Crippen LogP contribution in [0.1, 0.15) is 23.6 Å². The summed E-state index contributed by atoms with van der Waals surface area (Å²) in [6, 6.07) is 4.11. The molecule has 0 fully saturated rings. The number of rotatable bonds is 3. The highest BCUT2D eigenvalue weighted by molar-refractivity contribution is 5.67. The molecule has 70 valence electrons. The fourth-order valence-corrected chi connectivity index (χ4v) is 1.35. The maximum atomic E-state index is 5.88. The van der Waals surface area contributed by atoms with Gasteiger partial charge in [0.15, 0.2) is 0 Å². The van der Waals surface area contributed by atoms with E-state index >= 15 is 0 Å². The molecule has 4 N–H and O–H groups in total. The second kappa shape index (κ2) is 4.10. The highest BCUT2D eigenvalue weighted by Gasteiger charge is 2.03. The van der Waals surface area contributed by atoms with Crippen LogP contribution >= 0.6 is 0 Å². The van der Waals surface area contributed by atoms with Crippen molar-refractivity contribution in [2.45, 2.75) is 19.9 Å². The molecule has 0 amide bonds. The molecule has 0 bridgehead atoms.